The van der Waals surface area contributed by atoms with Gasteiger partial charge in [0.2, 0.25) is 10.0 Å². The number of halogens is 1. The Hall–Kier alpha value is -1.59. The molecule has 2 heterocycles. The van der Waals surface area contributed by atoms with E-state index in [2.05, 4.69) is 4.74 Å². The first-order valence-electron chi connectivity index (χ1n) is 9.06. The van der Waals surface area contributed by atoms with Crippen molar-refractivity contribution in [2.75, 3.05) is 26.9 Å². The summed E-state index contributed by atoms with van der Waals surface area (Å²) in [5.74, 6) is -0.939. The number of sulfonamides is 1. The van der Waals surface area contributed by atoms with E-state index in [0.717, 1.165) is 12.1 Å². The largest absolute Gasteiger partial charge is 0.469 e. The third kappa shape index (κ3) is 4.69. The minimum atomic E-state index is -3.99. The number of ether oxygens (including phenoxy) is 3. The SMILES string of the molecule is COC(=O)C[C@@H]1CC[C@H]2[C@@H](COC[C@@H](O)CN2S(=O)(=O)c2ccc(F)cc2)O1. The van der Waals surface area contributed by atoms with Crippen molar-refractivity contribution in [2.45, 2.75) is 48.5 Å². The van der Waals surface area contributed by atoms with Gasteiger partial charge >= 0.3 is 5.97 Å². The molecule has 0 unspecified atom stereocenters. The molecule has 0 aliphatic carbocycles. The number of aliphatic hydroxyl groups excluding tert-OH is 1. The molecule has 1 aromatic rings. The molecule has 1 aromatic carbocycles. The Kier molecular flexibility index (Phi) is 6.66. The number of hydrogen-bond donors (Lipinski definition) is 1. The highest BCUT2D eigenvalue weighted by Gasteiger charge is 2.43. The summed E-state index contributed by atoms with van der Waals surface area (Å²) < 4.78 is 56.9. The van der Waals surface area contributed by atoms with Gasteiger partial charge in [-0.25, -0.2) is 12.8 Å². The van der Waals surface area contributed by atoms with Gasteiger partial charge in [-0.1, -0.05) is 0 Å². The van der Waals surface area contributed by atoms with E-state index in [1.54, 1.807) is 0 Å². The Balaban J connectivity index is 1.86. The van der Waals surface area contributed by atoms with Crippen LogP contribution in [0.5, 0.6) is 0 Å². The van der Waals surface area contributed by atoms with E-state index in [9.17, 15) is 22.7 Å². The van der Waals surface area contributed by atoms with E-state index in [1.807, 2.05) is 0 Å². The van der Waals surface area contributed by atoms with Crippen LogP contribution in [0.2, 0.25) is 0 Å². The molecule has 0 aromatic heterocycles. The number of carbonyl (C=O) groups excluding carboxylic acids is 1. The molecular formula is C18H24FNO7S. The van der Waals surface area contributed by atoms with Crippen LogP contribution in [0.25, 0.3) is 0 Å². The standard InChI is InChI=1S/C18H24FNO7S/c1-25-18(22)8-14-4-7-16-17(27-14)11-26-10-13(21)9-20(16)28(23,24)15-5-2-12(19)3-6-15/h2-3,5-6,13-14,16-17,21H,4,7-11H2,1H3/t13-,14-,16-,17+/m0/s1. The molecule has 2 aliphatic rings. The number of benzene rings is 1. The molecule has 10 heteroatoms. The molecule has 1 N–H and O–H groups in total. The number of β-amino-alcohol motifs (C(OH)–C–C–N with tert-alkyl or cyclic N) is 1. The molecule has 0 bridgehead atoms. The molecule has 28 heavy (non-hydrogen) atoms. The normalized spacial score (nSPS) is 29.4. The fourth-order valence-electron chi connectivity index (χ4n) is 3.58. The zero-order valence-corrected chi connectivity index (χ0v) is 16.3. The van der Waals surface area contributed by atoms with E-state index >= 15 is 0 Å². The van der Waals surface area contributed by atoms with Crippen molar-refractivity contribution in [1.82, 2.24) is 4.31 Å². The Labute approximate surface area is 163 Å². The number of aliphatic hydroxyl groups is 1. The van der Waals surface area contributed by atoms with Gasteiger partial charge in [0, 0.05) is 6.54 Å². The lowest BCUT2D eigenvalue weighted by Gasteiger charge is -2.43. The summed E-state index contributed by atoms with van der Waals surface area (Å²) in [7, 11) is -2.69. The summed E-state index contributed by atoms with van der Waals surface area (Å²) >= 11 is 0. The van der Waals surface area contributed by atoms with Gasteiger partial charge in [0.1, 0.15) is 5.82 Å². The second kappa shape index (κ2) is 8.83. The van der Waals surface area contributed by atoms with Gasteiger partial charge in [0.25, 0.3) is 0 Å². The van der Waals surface area contributed by atoms with E-state index in [0.29, 0.717) is 12.8 Å². The van der Waals surface area contributed by atoms with Crippen molar-refractivity contribution in [2.24, 2.45) is 0 Å². The maximum Gasteiger partial charge on any atom is 0.308 e. The first-order valence-corrected chi connectivity index (χ1v) is 10.5. The summed E-state index contributed by atoms with van der Waals surface area (Å²) in [6.45, 7) is -0.107. The number of carbonyl (C=O) groups is 1. The fraction of sp³-hybridized carbons (Fsp3) is 0.611. The lowest BCUT2D eigenvalue weighted by Crippen LogP contribution is -2.57. The van der Waals surface area contributed by atoms with Crippen molar-refractivity contribution in [3.8, 4) is 0 Å². The van der Waals surface area contributed by atoms with Gasteiger partial charge in [-0.05, 0) is 37.1 Å². The molecular weight excluding hydrogens is 393 g/mol. The highest BCUT2D eigenvalue weighted by molar-refractivity contribution is 7.89. The van der Waals surface area contributed by atoms with E-state index in [-0.39, 0.29) is 31.1 Å². The van der Waals surface area contributed by atoms with Crippen molar-refractivity contribution in [3.05, 3.63) is 30.1 Å². The first-order chi connectivity index (χ1) is 13.3. The van der Waals surface area contributed by atoms with Crippen LogP contribution < -0.4 is 0 Å². The van der Waals surface area contributed by atoms with Crippen molar-refractivity contribution < 1.29 is 36.9 Å². The first kappa shape index (κ1) is 21.1. The lowest BCUT2D eigenvalue weighted by atomic mass is 9.96. The van der Waals surface area contributed by atoms with Gasteiger partial charge in [0.15, 0.2) is 0 Å². The van der Waals surface area contributed by atoms with Gasteiger partial charge in [-0.15, -0.1) is 0 Å². The highest BCUT2D eigenvalue weighted by atomic mass is 32.2. The van der Waals surface area contributed by atoms with Gasteiger partial charge < -0.3 is 19.3 Å². The number of methoxy groups -OCH3 is 1. The van der Waals surface area contributed by atoms with Crippen molar-refractivity contribution in [1.29, 1.82) is 0 Å². The van der Waals surface area contributed by atoms with Crippen LogP contribution in [0, 0.1) is 5.82 Å². The Bertz CT molecular complexity index is 786. The molecule has 0 spiro atoms. The predicted octanol–water partition coefficient (Wildman–Crippen LogP) is 0.687. The molecule has 0 saturated carbocycles. The molecule has 0 radical (unpaired) electrons. The second-order valence-electron chi connectivity index (χ2n) is 6.94. The minimum Gasteiger partial charge on any atom is -0.469 e. The number of nitrogens with zero attached hydrogens (tertiary/aromatic N) is 1. The summed E-state index contributed by atoms with van der Waals surface area (Å²) in [5, 5.41) is 10.1. The smallest absolute Gasteiger partial charge is 0.308 e. The number of rotatable bonds is 4. The van der Waals surface area contributed by atoms with Crippen LogP contribution in [-0.2, 0) is 29.0 Å². The monoisotopic (exact) mass is 417 g/mol. The maximum absolute atomic E-state index is 13.2. The molecule has 8 nitrogen and oxygen atoms in total. The van der Waals surface area contributed by atoms with Crippen LogP contribution in [0.4, 0.5) is 4.39 Å². The maximum atomic E-state index is 13.2. The second-order valence-corrected chi connectivity index (χ2v) is 8.83. The summed E-state index contributed by atoms with van der Waals surface area (Å²) in [4.78, 5) is 11.5. The van der Waals surface area contributed by atoms with Gasteiger partial charge in [-0.3, -0.25) is 4.79 Å². The summed E-state index contributed by atoms with van der Waals surface area (Å²) in [5.41, 5.74) is 0. The highest BCUT2D eigenvalue weighted by Crippen LogP contribution is 2.31. The van der Waals surface area contributed by atoms with Crippen LogP contribution in [0.3, 0.4) is 0 Å². The van der Waals surface area contributed by atoms with Crippen molar-refractivity contribution in [3.63, 3.8) is 0 Å². The fourth-order valence-corrected chi connectivity index (χ4v) is 5.30. The minimum absolute atomic E-state index is 0.0380. The summed E-state index contributed by atoms with van der Waals surface area (Å²) in [6, 6.07) is 3.99. The molecule has 2 aliphatic heterocycles. The Morgan fingerprint density at radius 2 is 2.00 bits per heavy atom. The van der Waals surface area contributed by atoms with E-state index in [1.165, 1.54) is 23.5 Å². The molecule has 2 saturated heterocycles. The number of fused-ring (bicyclic) bond motifs is 1. The van der Waals surface area contributed by atoms with E-state index in [4.69, 9.17) is 9.47 Å². The summed E-state index contributed by atoms with van der Waals surface area (Å²) in [6.07, 6.45) is -1.01. The molecule has 3 rings (SSSR count). The van der Waals surface area contributed by atoms with Gasteiger partial charge in [-0.2, -0.15) is 4.31 Å². The lowest BCUT2D eigenvalue weighted by molar-refractivity contribution is -0.157. The quantitative estimate of drug-likeness (QED) is 0.719. The zero-order chi connectivity index (χ0) is 20.3. The third-order valence-electron chi connectivity index (χ3n) is 4.98. The molecule has 0 amide bonds. The Morgan fingerprint density at radius 1 is 1.29 bits per heavy atom. The third-order valence-corrected chi connectivity index (χ3v) is 6.88. The van der Waals surface area contributed by atoms with Crippen LogP contribution in [0.1, 0.15) is 19.3 Å². The van der Waals surface area contributed by atoms with Crippen LogP contribution >= 0.6 is 0 Å². The van der Waals surface area contributed by atoms with E-state index < -0.39 is 46.2 Å². The van der Waals surface area contributed by atoms with Crippen LogP contribution in [-0.4, -0.2) is 75.0 Å². The van der Waals surface area contributed by atoms with Gasteiger partial charge in [0.05, 0.1) is 56.0 Å². The number of esters is 1. The molecule has 4 atom stereocenters. The van der Waals surface area contributed by atoms with Crippen molar-refractivity contribution >= 4 is 16.0 Å². The predicted molar refractivity (Wildman–Crippen MR) is 95.4 cm³/mol. The Morgan fingerprint density at radius 3 is 2.68 bits per heavy atom. The van der Waals surface area contributed by atoms with Crippen LogP contribution in [0.15, 0.2) is 29.2 Å². The average molecular weight is 417 g/mol. The number of hydrogen-bond acceptors (Lipinski definition) is 7. The zero-order valence-electron chi connectivity index (χ0n) is 15.5. The molecule has 156 valence electrons. The average Bonchev–Trinajstić information content (AvgIpc) is 2.65. The topological polar surface area (TPSA) is 102 Å². The molecule has 2 fully saturated rings.